The van der Waals surface area contributed by atoms with Crippen molar-refractivity contribution in [1.82, 2.24) is 64.0 Å². The highest BCUT2D eigenvalue weighted by atomic mass is 32.2. The van der Waals surface area contributed by atoms with Gasteiger partial charge in [-0.2, -0.15) is 5.26 Å². The predicted molar refractivity (Wildman–Crippen MR) is 477 cm³/mol. The zero-order chi connectivity index (χ0) is 84.9. The summed E-state index contributed by atoms with van der Waals surface area (Å²) in [4.78, 5) is 77.8. The van der Waals surface area contributed by atoms with E-state index in [-0.39, 0.29) is 38.4 Å². The van der Waals surface area contributed by atoms with Gasteiger partial charge in [0.1, 0.15) is 34.5 Å². The SMILES string of the molecule is CN1CCN(c2ccc3cc(C=O)ccc3c2)CC1.Cc1cc2c(cc1Sc1nc3c(N)nccc3n1CCCN)OCO2.Cc1cc2c(cc1Sc1nc3c(N)nccc3n1CCCNC(=O)/C(C#N)=C/c1ccc3cc(N4CCN(C)CC4)ccc3c1)OCO2.[C-]#[N+]CC(=O)NCCCn1c(Sc2cc3c(cc2C)OCO3)nc2c(N)nccc21. The predicted octanol–water partition coefficient (Wildman–Crippen LogP) is 12.8. The Hall–Kier alpha value is -13.0. The van der Waals surface area contributed by atoms with Gasteiger partial charge >= 0.3 is 0 Å². The number of carbonyl (C=O) groups is 3. The van der Waals surface area contributed by atoms with Gasteiger partial charge in [-0.3, -0.25) is 14.4 Å². The summed E-state index contributed by atoms with van der Waals surface area (Å²) >= 11 is 4.62. The third-order valence-electron chi connectivity index (χ3n) is 21.4. The third kappa shape index (κ3) is 19.5. The van der Waals surface area contributed by atoms with E-state index in [1.165, 1.54) is 40.3 Å². The number of hydrogen-bond acceptors (Lipinski definition) is 27. The van der Waals surface area contributed by atoms with Crippen molar-refractivity contribution >= 4 is 143 Å². The molecular weight excluding hydrogens is 1600 g/mol. The number of aromatic nitrogens is 9. The quantitative estimate of drug-likeness (QED) is 0.0114. The maximum atomic E-state index is 13.1. The lowest BCUT2D eigenvalue weighted by Gasteiger charge is -2.34. The number of nitrogens with one attached hydrogen (secondary N) is 2. The minimum Gasteiger partial charge on any atom is -0.454 e. The zero-order valence-electron chi connectivity index (χ0n) is 68.3. The minimum atomic E-state index is -0.405. The molecule has 18 rings (SSSR count). The number of aldehydes is 1. The van der Waals surface area contributed by atoms with Crippen LogP contribution in [0.25, 0.3) is 65.6 Å². The van der Waals surface area contributed by atoms with Gasteiger partial charge in [-0.25, -0.2) is 36.5 Å². The number of anilines is 5. The largest absolute Gasteiger partial charge is 0.454 e. The van der Waals surface area contributed by atoms with Crippen molar-refractivity contribution in [2.45, 2.75) is 89.8 Å². The Morgan fingerprint density at radius 3 is 1.26 bits per heavy atom. The van der Waals surface area contributed by atoms with Gasteiger partial charge < -0.3 is 100 Å². The summed E-state index contributed by atoms with van der Waals surface area (Å²) in [6.45, 7) is 25.3. The molecule has 0 unspecified atom stereocenters. The first-order valence-corrected chi connectivity index (χ1v) is 42.5. The number of imidazole rings is 3. The molecule has 5 aliphatic rings. The molecule has 11 heterocycles. The Balaban J connectivity index is 0.000000134. The average Bonchev–Trinajstić information content (AvgIpc) is 1.65. The molecule has 5 aliphatic heterocycles. The number of fused-ring (bicyclic) bond motifs is 8. The molecule has 0 spiro atoms. The molecule has 2 amide bonds. The second-order valence-corrected chi connectivity index (χ2v) is 32.8. The molecule has 2 saturated heterocycles. The molecule has 0 aliphatic carbocycles. The molecule has 6 aromatic heterocycles. The van der Waals surface area contributed by atoms with Crippen LogP contribution in [0.5, 0.6) is 34.5 Å². The fourth-order valence-electron chi connectivity index (χ4n) is 14.6. The summed E-state index contributed by atoms with van der Waals surface area (Å²) in [6, 6.07) is 44.4. The van der Waals surface area contributed by atoms with Crippen molar-refractivity contribution in [2.24, 2.45) is 5.73 Å². The van der Waals surface area contributed by atoms with Gasteiger partial charge in [0.15, 0.2) is 67.4 Å². The van der Waals surface area contributed by atoms with Crippen molar-refractivity contribution in [3.8, 4) is 40.6 Å². The van der Waals surface area contributed by atoms with Crippen LogP contribution in [0.4, 0.5) is 28.8 Å². The maximum absolute atomic E-state index is 13.1. The summed E-state index contributed by atoms with van der Waals surface area (Å²) in [5.74, 6) is 4.95. The molecule has 0 radical (unpaired) electrons. The Morgan fingerprint density at radius 1 is 0.500 bits per heavy atom. The van der Waals surface area contributed by atoms with Crippen LogP contribution >= 0.6 is 35.3 Å². The minimum absolute atomic E-state index is 0.0601. The molecule has 10 N–H and O–H groups in total. The van der Waals surface area contributed by atoms with E-state index in [0.717, 1.165) is 197 Å². The summed E-state index contributed by atoms with van der Waals surface area (Å²) in [6.07, 6.45) is 9.73. The fourth-order valence-corrected chi connectivity index (χ4v) is 17.7. The van der Waals surface area contributed by atoms with Crippen LogP contribution in [0.3, 0.4) is 0 Å². The highest BCUT2D eigenvalue weighted by molar-refractivity contribution is 7.99. The highest BCUT2D eigenvalue weighted by Crippen LogP contribution is 2.45. The van der Waals surface area contributed by atoms with Crippen molar-refractivity contribution < 1.29 is 42.8 Å². The van der Waals surface area contributed by atoms with Crippen LogP contribution in [0.1, 0.15) is 51.9 Å². The lowest BCUT2D eigenvalue weighted by Crippen LogP contribution is -2.44. The van der Waals surface area contributed by atoms with Crippen LogP contribution in [0, 0.1) is 38.7 Å². The standard InChI is InChI=1S/C36H36N8O3S.C20H20N6O3S.C17H19N5O2S.C16H18N2O/c1-23-16-30-31(47-22-46-30)20-32(23)48-36-41-33-29(8-10-39-34(33)38)44(36)11-3-9-40-35(45)27(21-37)18-24-4-5-26-19-28(7-6-25(26)17-24)43-14-12-42(2)13-15-43;1-12-8-14-15(29-11-28-14)9-16(12)30-20-25-18-13(4-6-24-19(18)21)26(20)7-3-5-23-17(27)10-22-2;1-10-7-12-13(24-9-23-12)8-14(10)25-17-21-15-11(3-5-20-16(15)19)22(17)6-2-4-18;1-17-6-8-18(9-7-17)16-5-4-14-10-13(12-19)2-3-15(14)11-16/h4-8,10,16-20H,3,9,11-15,22H2,1-2H3,(H2,38,39)(H,40,45);4,6,8-9H,3,5,7,10-11H2,1H3,(H2,21,24)(H,23,27);3,5,7-8H,2,4,6,9,18H2,1H3,(H2,19,20);2-5,10-12H,6-9H2,1H3/b27-18+;;;. The van der Waals surface area contributed by atoms with Crippen molar-refractivity contribution in [3.05, 3.63) is 191 Å². The van der Waals surface area contributed by atoms with E-state index >= 15 is 0 Å². The maximum Gasteiger partial charge on any atom is 0.300 e. The van der Waals surface area contributed by atoms with E-state index in [1.54, 1.807) is 36.4 Å². The first-order chi connectivity index (χ1) is 59.3. The topological polar surface area (TPSA) is 368 Å². The van der Waals surface area contributed by atoms with Crippen LogP contribution in [0.15, 0.2) is 182 Å². The van der Waals surface area contributed by atoms with E-state index in [4.69, 9.17) is 72.9 Å². The van der Waals surface area contributed by atoms with Gasteiger partial charge in [0.05, 0.1) is 16.6 Å². The average molecular weight is 1700 g/mol. The van der Waals surface area contributed by atoms with Gasteiger partial charge in [0.2, 0.25) is 20.4 Å². The number of nitrogen functional groups attached to an aromatic ring is 3. The highest BCUT2D eigenvalue weighted by Gasteiger charge is 2.26. The zero-order valence-corrected chi connectivity index (χ0v) is 70.7. The molecule has 30 nitrogen and oxygen atoms in total. The van der Waals surface area contributed by atoms with Crippen LogP contribution < -0.4 is 71.8 Å². The number of nitriles is 1. The third-order valence-corrected chi connectivity index (χ3v) is 24.8. The number of rotatable bonds is 23. The number of nitrogens with zero attached hydrogens (tertiary/aromatic N) is 15. The first-order valence-electron chi connectivity index (χ1n) is 40.0. The van der Waals surface area contributed by atoms with Gasteiger partial charge in [-0.15, -0.1) is 0 Å². The fraction of sp³-hybridized carbons (Fsp3) is 0.292. The van der Waals surface area contributed by atoms with Crippen molar-refractivity contribution in [3.63, 3.8) is 0 Å². The Kier molecular flexibility index (Phi) is 26.6. The first kappa shape index (κ1) is 84.0. The van der Waals surface area contributed by atoms with E-state index in [2.05, 4.69) is 120 Å². The van der Waals surface area contributed by atoms with Gasteiger partial charge in [-0.05, 0) is 202 Å². The molecule has 7 aromatic carbocycles. The lowest BCUT2D eigenvalue weighted by molar-refractivity contribution is -0.119. The second kappa shape index (κ2) is 38.6. The number of ether oxygens (including phenoxy) is 6. The lowest BCUT2D eigenvalue weighted by atomic mass is 10.0. The molecule has 0 saturated carbocycles. The molecule has 2 fully saturated rings. The normalized spacial score (nSPS) is 14.1. The number of nitrogens with two attached hydrogens (primary N) is 4. The monoisotopic (exact) mass is 1700 g/mol. The van der Waals surface area contributed by atoms with Crippen LogP contribution in [-0.2, 0) is 29.2 Å². The number of amides is 2. The number of likely N-dealkylation sites (N-methyl/N-ethyl adjacent to an activating group) is 2. The molecule has 33 heteroatoms. The summed E-state index contributed by atoms with van der Waals surface area (Å²) in [5, 5.41) is 22.4. The smallest absolute Gasteiger partial charge is 0.300 e. The van der Waals surface area contributed by atoms with Gasteiger partial charge in [-0.1, -0.05) is 71.7 Å². The molecule has 0 bridgehead atoms. The number of carbonyl (C=O) groups excluding carboxylic acids is 3. The number of aryl methyl sites for hydroxylation is 6. The van der Waals surface area contributed by atoms with Crippen LogP contribution in [-0.4, -0.2) is 185 Å². The summed E-state index contributed by atoms with van der Waals surface area (Å²) in [5.41, 5.74) is 36.0. The molecule has 122 heavy (non-hydrogen) atoms. The number of piperazine rings is 2. The van der Waals surface area contributed by atoms with E-state index in [1.807, 2.05) is 112 Å². The molecule has 626 valence electrons. The number of benzene rings is 7. The molecule has 0 atom stereocenters. The van der Waals surface area contributed by atoms with Gasteiger partial charge in [0, 0.05) is 135 Å². The molecule has 13 aromatic rings. The van der Waals surface area contributed by atoms with E-state index in [0.29, 0.717) is 79.8 Å². The van der Waals surface area contributed by atoms with Crippen molar-refractivity contribution in [1.29, 1.82) is 5.26 Å². The second-order valence-electron chi connectivity index (χ2n) is 29.8. The number of pyridine rings is 3. The van der Waals surface area contributed by atoms with E-state index in [9.17, 15) is 19.6 Å². The van der Waals surface area contributed by atoms with E-state index < -0.39 is 5.91 Å². The van der Waals surface area contributed by atoms with Crippen molar-refractivity contribution in [2.75, 3.05) is 140 Å². The van der Waals surface area contributed by atoms with Crippen LogP contribution in [0.2, 0.25) is 0 Å². The number of hydrogen-bond donors (Lipinski definition) is 6. The Labute approximate surface area is 717 Å². The van der Waals surface area contributed by atoms with Gasteiger partial charge in [0.25, 0.3) is 18.4 Å². The Bertz CT molecular complexity index is 6210. The summed E-state index contributed by atoms with van der Waals surface area (Å²) < 4.78 is 39.3. The molecular formula is C89H93N21O9S3. The summed E-state index contributed by atoms with van der Waals surface area (Å²) in [7, 11) is 4.32. The Morgan fingerprint density at radius 2 is 0.869 bits per heavy atom.